The number of sulfonamides is 1. The van der Waals surface area contributed by atoms with E-state index in [1.807, 2.05) is 12.1 Å². The third-order valence-corrected chi connectivity index (χ3v) is 6.46. The largest absolute Gasteiger partial charge is 0.465 e. The normalized spacial score (nSPS) is 15.7. The number of carbonyl (C=O) groups excluding carboxylic acids is 1. The minimum atomic E-state index is -3.55. The maximum Gasteiger partial charge on any atom is 0.337 e. The Morgan fingerprint density at radius 1 is 1.04 bits per heavy atom. The molecule has 0 radical (unpaired) electrons. The summed E-state index contributed by atoms with van der Waals surface area (Å²) in [7, 11) is -2.21. The van der Waals surface area contributed by atoms with Crippen LogP contribution in [0.5, 0.6) is 0 Å². The quantitative estimate of drug-likeness (QED) is 0.746. The Balaban J connectivity index is 1.68. The molecule has 0 saturated carbocycles. The van der Waals surface area contributed by atoms with Crippen LogP contribution in [0.25, 0.3) is 0 Å². The summed E-state index contributed by atoms with van der Waals surface area (Å²) in [6.07, 6.45) is 0. The molecule has 138 valence electrons. The first-order valence-electron chi connectivity index (χ1n) is 8.11. The molecule has 0 bridgehead atoms. The van der Waals surface area contributed by atoms with Gasteiger partial charge in [0.15, 0.2) is 0 Å². The second-order valence-electron chi connectivity index (χ2n) is 5.89. The van der Waals surface area contributed by atoms with Gasteiger partial charge >= 0.3 is 5.97 Å². The number of methoxy groups -OCH3 is 1. The van der Waals surface area contributed by atoms with Gasteiger partial charge in [0.1, 0.15) is 0 Å². The van der Waals surface area contributed by atoms with Gasteiger partial charge in [-0.3, -0.25) is 0 Å². The van der Waals surface area contributed by atoms with Gasteiger partial charge in [0.05, 0.1) is 17.6 Å². The molecule has 0 N–H and O–H groups in total. The Bertz CT molecular complexity index is 892. The molecule has 0 aliphatic carbocycles. The zero-order valence-electron chi connectivity index (χ0n) is 14.3. The van der Waals surface area contributed by atoms with Crippen molar-refractivity contribution < 1.29 is 17.9 Å². The molecule has 2 aromatic rings. The molecular weight excluding hydrogens is 376 g/mol. The number of halogens is 1. The fourth-order valence-corrected chi connectivity index (χ4v) is 4.61. The molecule has 0 spiro atoms. The summed E-state index contributed by atoms with van der Waals surface area (Å²) in [6.45, 7) is 1.90. The molecule has 1 heterocycles. The maximum absolute atomic E-state index is 12.7. The van der Waals surface area contributed by atoms with Gasteiger partial charge in [-0.1, -0.05) is 17.7 Å². The average Bonchev–Trinajstić information content (AvgIpc) is 2.67. The highest BCUT2D eigenvalue weighted by molar-refractivity contribution is 7.89. The number of esters is 1. The fourth-order valence-electron chi connectivity index (χ4n) is 2.89. The molecule has 1 saturated heterocycles. The predicted octanol–water partition coefficient (Wildman–Crippen LogP) is 2.64. The monoisotopic (exact) mass is 394 g/mol. The summed E-state index contributed by atoms with van der Waals surface area (Å²) in [5.41, 5.74) is 1.43. The van der Waals surface area contributed by atoms with Crippen LogP contribution >= 0.6 is 11.6 Å². The molecule has 1 fully saturated rings. The van der Waals surface area contributed by atoms with Crippen LogP contribution in [0.1, 0.15) is 10.4 Å². The van der Waals surface area contributed by atoms with Crippen LogP contribution in [0.3, 0.4) is 0 Å². The molecule has 0 unspecified atom stereocenters. The van der Waals surface area contributed by atoms with Crippen molar-refractivity contribution in [3.05, 3.63) is 59.1 Å². The number of nitrogens with zero attached hydrogens (tertiary/aromatic N) is 2. The van der Waals surface area contributed by atoms with E-state index < -0.39 is 10.0 Å². The molecule has 26 heavy (non-hydrogen) atoms. The molecule has 3 rings (SSSR count). The predicted molar refractivity (Wildman–Crippen MR) is 100 cm³/mol. The van der Waals surface area contributed by atoms with Gasteiger partial charge in [0.2, 0.25) is 10.0 Å². The molecule has 2 aromatic carbocycles. The van der Waals surface area contributed by atoms with Crippen LogP contribution < -0.4 is 4.90 Å². The van der Waals surface area contributed by atoms with Gasteiger partial charge in [-0.15, -0.1) is 0 Å². The van der Waals surface area contributed by atoms with E-state index in [1.54, 1.807) is 30.3 Å². The minimum Gasteiger partial charge on any atom is -0.465 e. The minimum absolute atomic E-state index is 0.209. The molecule has 1 aliphatic heterocycles. The molecule has 0 aromatic heterocycles. The van der Waals surface area contributed by atoms with Crippen molar-refractivity contribution in [1.82, 2.24) is 4.31 Å². The second-order valence-corrected chi connectivity index (χ2v) is 8.26. The first-order valence-corrected chi connectivity index (χ1v) is 9.92. The highest BCUT2D eigenvalue weighted by Crippen LogP contribution is 2.23. The topological polar surface area (TPSA) is 66.9 Å². The van der Waals surface area contributed by atoms with Crippen molar-refractivity contribution in [3.63, 3.8) is 0 Å². The zero-order chi connectivity index (χ0) is 18.7. The lowest BCUT2D eigenvalue weighted by Gasteiger charge is -2.35. The first kappa shape index (κ1) is 18.7. The van der Waals surface area contributed by atoms with E-state index in [2.05, 4.69) is 9.64 Å². The number of hydrogen-bond acceptors (Lipinski definition) is 5. The molecular formula is C18H19ClN2O4S. The van der Waals surface area contributed by atoms with Gasteiger partial charge in [0.25, 0.3) is 0 Å². The SMILES string of the molecule is COC(=O)c1ccc(N2CCN(S(=O)(=O)c3cccc(Cl)c3)CC2)cc1. The van der Waals surface area contributed by atoms with Crippen molar-refractivity contribution in [3.8, 4) is 0 Å². The lowest BCUT2D eigenvalue weighted by molar-refractivity contribution is 0.0600. The summed E-state index contributed by atoms with van der Waals surface area (Å²) in [5, 5.41) is 0.399. The Kier molecular flexibility index (Phi) is 5.50. The van der Waals surface area contributed by atoms with E-state index in [0.29, 0.717) is 36.8 Å². The van der Waals surface area contributed by atoms with Crippen molar-refractivity contribution in [2.75, 3.05) is 38.2 Å². The second kappa shape index (κ2) is 7.65. The maximum atomic E-state index is 12.7. The number of anilines is 1. The number of benzene rings is 2. The number of rotatable bonds is 4. The van der Waals surface area contributed by atoms with E-state index >= 15 is 0 Å². The van der Waals surface area contributed by atoms with Crippen molar-refractivity contribution in [2.24, 2.45) is 0 Å². The molecule has 8 heteroatoms. The molecule has 6 nitrogen and oxygen atoms in total. The van der Waals surface area contributed by atoms with E-state index in [1.165, 1.54) is 17.5 Å². The number of carbonyl (C=O) groups is 1. The van der Waals surface area contributed by atoms with Crippen molar-refractivity contribution in [2.45, 2.75) is 4.90 Å². The fraction of sp³-hybridized carbons (Fsp3) is 0.278. The number of hydrogen-bond donors (Lipinski definition) is 0. The summed E-state index contributed by atoms with van der Waals surface area (Å²) < 4.78 is 31.6. The van der Waals surface area contributed by atoms with Gasteiger partial charge < -0.3 is 9.64 Å². The van der Waals surface area contributed by atoms with Gasteiger partial charge in [-0.25, -0.2) is 13.2 Å². The highest BCUT2D eigenvalue weighted by atomic mass is 35.5. The van der Waals surface area contributed by atoms with Gasteiger partial charge in [0, 0.05) is 36.9 Å². The molecule has 0 amide bonds. The Labute approximate surface area is 158 Å². The van der Waals surface area contributed by atoms with Crippen LogP contribution in [0.15, 0.2) is 53.4 Å². The Hall–Kier alpha value is -2.09. The average molecular weight is 395 g/mol. The third-order valence-electron chi connectivity index (χ3n) is 4.33. The zero-order valence-corrected chi connectivity index (χ0v) is 15.8. The Morgan fingerprint density at radius 2 is 1.69 bits per heavy atom. The number of piperazine rings is 1. The smallest absolute Gasteiger partial charge is 0.337 e. The van der Waals surface area contributed by atoms with Gasteiger partial charge in [-0.2, -0.15) is 4.31 Å². The standard InChI is InChI=1S/C18H19ClN2O4S/c1-25-18(22)14-5-7-16(8-6-14)20-9-11-21(12-10-20)26(23,24)17-4-2-3-15(19)13-17/h2-8,13H,9-12H2,1H3. The van der Waals surface area contributed by atoms with E-state index in [9.17, 15) is 13.2 Å². The van der Waals surface area contributed by atoms with E-state index in [-0.39, 0.29) is 10.9 Å². The highest BCUT2D eigenvalue weighted by Gasteiger charge is 2.28. The van der Waals surface area contributed by atoms with E-state index in [4.69, 9.17) is 11.6 Å². The van der Waals surface area contributed by atoms with Crippen LogP contribution in [0.2, 0.25) is 5.02 Å². The van der Waals surface area contributed by atoms with Crippen molar-refractivity contribution >= 4 is 33.3 Å². The molecule has 0 atom stereocenters. The summed E-state index contributed by atoms with van der Waals surface area (Å²) in [6, 6.07) is 13.4. The summed E-state index contributed by atoms with van der Waals surface area (Å²) in [5.74, 6) is -0.381. The number of ether oxygens (including phenoxy) is 1. The first-order chi connectivity index (χ1) is 12.4. The summed E-state index contributed by atoms with van der Waals surface area (Å²) in [4.78, 5) is 13.8. The van der Waals surface area contributed by atoms with Crippen LogP contribution in [-0.2, 0) is 14.8 Å². The molecule has 1 aliphatic rings. The van der Waals surface area contributed by atoms with Crippen molar-refractivity contribution in [1.29, 1.82) is 0 Å². The Morgan fingerprint density at radius 3 is 2.27 bits per heavy atom. The van der Waals surface area contributed by atoms with Crippen LogP contribution in [0.4, 0.5) is 5.69 Å². The van der Waals surface area contributed by atoms with E-state index in [0.717, 1.165) is 5.69 Å². The van der Waals surface area contributed by atoms with Gasteiger partial charge in [-0.05, 0) is 42.5 Å². The summed E-state index contributed by atoms with van der Waals surface area (Å²) >= 11 is 5.91. The lowest BCUT2D eigenvalue weighted by atomic mass is 10.2. The lowest BCUT2D eigenvalue weighted by Crippen LogP contribution is -2.48. The third kappa shape index (κ3) is 3.85. The van der Waals surface area contributed by atoms with Crippen LogP contribution in [-0.4, -0.2) is 52.0 Å². The van der Waals surface area contributed by atoms with Crippen LogP contribution in [0, 0.1) is 0 Å².